The fourth-order valence-electron chi connectivity index (χ4n) is 1.45. The molecule has 0 fully saturated rings. The number of carbonyl (C=O) groups is 1. The van der Waals surface area contributed by atoms with Crippen LogP contribution < -0.4 is 0 Å². The first-order valence-corrected chi connectivity index (χ1v) is 5.62. The van der Waals surface area contributed by atoms with Gasteiger partial charge in [-0.3, -0.25) is 4.79 Å². The Labute approximate surface area is 105 Å². The number of furan rings is 1. The van der Waals surface area contributed by atoms with Gasteiger partial charge in [0.1, 0.15) is 5.76 Å². The summed E-state index contributed by atoms with van der Waals surface area (Å²) < 4.78 is 5.16. The molecule has 0 unspecified atom stereocenters. The number of benzene rings is 1. The maximum absolute atomic E-state index is 11.7. The van der Waals surface area contributed by atoms with Crippen LogP contribution in [0.25, 0.3) is 0 Å². The smallest absolute Gasteiger partial charge is 0.185 e. The average molecular weight is 247 g/mol. The molecule has 0 amide bonds. The molecule has 0 saturated heterocycles. The van der Waals surface area contributed by atoms with Crippen molar-refractivity contribution in [1.29, 1.82) is 0 Å². The third kappa shape index (κ3) is 3.33. The molecule has 0 bridgehead atoms. The van der Waals surface area contributed by atoms with E-state index in [0.29, 0.717) is 17.0 Å². The first kappa shape index (κ1) is 11.7. The summed E-state index contributed by atoms with van der Waals surface area (Å²) in [6.45, 7) is 0. The second kappa shape index (κ2) is 5.51. The average Bonchev–Trinajstić information content (AvgIpc) is 2.82. The summed E-state index contributed by atoms with van der Waals surface area (Å²) in [5, 5.41) is 0.565. The van der Waals surface area contributed by atoms with Crippen LogP contribution in [-0.2, 0) is 6.42 Å². The molecule has 2 rings (SSSR count). The highest BCUT2D eigenvalue weighted by molar-refractivity contribution is 6.31. The van der Waals surface area contributed by atoms with Crippen molar-refractivity contribution in [3.63, 3.8) is 0 Å². The molecular weight excluding hydrogens is 236 g/mol. The standard InChI is InChI=1S/C14H11ClO2/c15-12-5-1-4-11(10-12)14(16)8-2-6-13-7-3-9-17-13/h1-5,7-10H,6H2. The van der Waals surface area contributed by atoms with Gasteiger partial charge in [-0.15, -0.1) is 0 Å². The molecule has 2 aromatic rings. The largest absolute Gasteiger partial charge is 0.469 e. The summed E-state index contributed by atoms with van der Waals surface area (Å²) in [7, 11) is 0. The van der Waals surface area contributed by atoms with Crippen molar-refractivity contribution in [2.24, 2.45) is 0 Å². The molecule has 0 radical (unpaired) electrons. The van der Waals surface area contributed by atoms with Crippen molar-refractivity contribution >= 4 is 17.4 Å². The van der Waals surface area contributed by atoms with Crippen LogP contribution in [0.2, 0.25) is 5.02 Å². The summed E-state index contributed by atoms with van der Waals surface area (Å²) in [6.07, 6.45) is 5.54. The molecule has 0 spiro atoms. The zero-order chi connectivity index (χ0) is 12.1. The van der Waals surface area contributed by atoms with Crippen molar-refractivity contribution in [1.82, 2.24) is 0 Å². The highest BCUT2D eigenvalue weighted by Gasteiger charge is 2.01. The second-order valence-corrected chi connectivity index (χ2v) is 4.00. The van der Waals surface area contributed by atoms with Gasteiger partial charge in [-0.1, -0.05) is 29.8 Å². The molecule has 0 N–H and O–H groups in total. The lowest BCUT2D eigenvalue weighted by Gasteiger charge is -1.95. The van der Waals surface area contributed by atoms with Crippen LogP contribution in [0.4, 0.5) is 0 Å². The fraction of sp³-hybridized carbons (Fsp3) is 0.0714. The van der Waals surface area contributed by atoms with E-state index >= 15 is 0 Å². The van der Waals surface area contributed by atoms with E-state index in [1.54, 1.807) is 36.6 Å². The van der Waals surface area contributed by atoms with Gasteiger partial charge in [-0.2, -0.15) is 0 Å². The van der Waals surface area contributed by atoms with Crippen molar-refractivity contribution < 1.29 is 9.21 Å². The maximum Gasteiger partial charge on any atom is 0.185 e. The summed E-state index contributed by atoms with van der Waals surface area (Å²) >= 11 is 5.81. The lowest BCUT2D eigenvalue weighted by Crippen LogP contribution is -1.93. The molecule has 86 valence electrons. The van der Waals surface area contributed by atoms with E-state index < -0.39 is 0 Å². The third-order valence-corrected chi connectivity index (χ3v) is 2.51. The minimum Gasteiger partial charge on any atom is -0.469 e. The second-order valence-electron chi connectivity index (χ2n) is 3.56. The summed E-state index contributed by atoms with van der Waals surface area (Å²) in [5.74, 6) is 0.777. The molecular formula is C14H11ClO2. The van der Waals surface area contributed by atoms with Gasteiger partial charge in [0.05, 0.1) is 6.26 Å². The Balaban J connectivity index is 1.99. The number of hydrogen-bond acceptors (Lipinski definition) is 2. The van der Waals surface area contributed by atoms with Crippen molar-refractivity contribution in [2.45, 2.75) is 6.42 Å². The molecule has 0 saturated carbocycles. The van der Waals surface area contributed by atoms with Gasteiger partial charge in [0.2, 0.25) is 0 Å². The molecule has 0 aliphatic rings. The van der Waals surface area contributed by atoms with E-state index in [-0.39, 0.29) is 5.78 Å². The number of rotatable bonds is 4. The lowest BCUT2D eigenvalue weighted by atomic mass is 10.1. The van der Waals surface area contributed by atoms with Crippen molar-refractivity contribution in [2.75, 3.05) is 0 Å². The predicted octanol–water partition coefficient (Wildman–Crippen LogP) is 3.91. The molecule has 17 heavy (non-hydrogen) atoms. The molecule has 0 aliphatic carbocycles. The van der Waals surface area contributed by atoms with E-state index in [0.717, 1.165) is 5.76 Å². The maximum atomic E-state index is 11.7. The Morgan fingerprint density at radius 2 is 2.18 bits per heavy atom. The van der Waals surface area contributed by atoms with Gasteiger partial charge in [0, 0.05) is 17.0 Å². The van der Waals surface area contributed by atoms with Crippen LogP contribution >= 0.6 is 11.6 Å². The number of allylic oxidation sites excluding steroid dienone is 2. The van der Waals surface area contributed by atoms with Crippen molar-refractivity contribution in [3.8, 4) is 0 Å². The van der Waals surface area contributed by atoms with Crippen LogP contribution in [0.5, 0.6) is 0 Å². The van der Waals surface area contributed by atoms with E-state index in [1.165, 1.54) is 6.08 Å². The summed E-state index contributed by atoms with van der Waals surface area (Å²) in [4.78, 5) is 11.7. The van der Waals surface area contributed by atoms with Gasteiger partial charge >= 0.3 is 0 Å². The van der Waals surface area contributed by atoms with Gasteiger partial charge < -0.3 is 4.42 Å². The van der Waals surface area contributed by atoms with E-state index in [4.69, 9.17) is 16.0 Å². The number of hydrogen-bond donors (Lipinski definition) is 0. The predicted molar refractivity (Wildman–Crippen MR) is 67.3 cm³/mol. The minimum absolute atomic E-state index is 0.0564. The van der Waals surface area contributed by atoms with Crippen LogP contribution in [0.3, 0.4) is 0 Å². The van der Waals surface area contributed by atoms with Crippen LogP contribution in [0.1, 0.15) is 16.1 Å². The Morgan fingerprint density at radius 3 is 2.88 bits per heavy atom. The highest BCUT2D eigenvalue weighted by atomic mass is 35.5. The first-order chi connectivity index (χ1) is 8.25. The molecule has 3 heteroatoms. The SMILES string of the molecule is O=C(C=CCc1ccco1)c1cccc(Cl)c1. The normalized spacial score (nSPS) is 10.9. The highest BCUT2D eigenvalue weighted by Crippen LogP contribution is 2.11. The van der Waals surface area contributed by atoms with E-state index in [2.05, 4.69) is 0 Å². The quantitative estimate of drug-likeness (QED) is 0.605. The zero-order valence-electron chi connectivity index (χ0n) is 9.10. The fourth-order valence-corrected chi connectivity index (χ4v) is 1.64. The number of carbonyl (C=O) groups excluding carboxylic acids is 1. The minimum atomic E-state index is -0.0564. The monoisotopic (exact) mass is 246 g/mol. The molecule has 1 aromatic carbocycles. The molecule has 0 atom stereocenters. The first-order valence-electron chi connectivity index (χ1n) is 5.24. The molecule has 1 heterocycles. The van der Waals surface area contributed by atoms with Gasteiger partial charge in [0.25, 0.3) is 0 Å². The summed E-state index contributed by atoms with van der Waals surface area (Å²) in [6, 6.07) is 10.6. The van der Waals surface area contributed by atoms with Crippen LogP contribution in [-0.4, -0.2) is 5.78 Å². The van der Waals surface area contributed by atoms with Crippen LogP contribution in [0, 0.1) is 0 Å². The Kier molecular flexibility index (Phi) is 3.78. The Morgan fingerprint density at radius 1 is 1.29 bits per heavy atom. The van der Waals surface area contributed by atoms with Crippen LogP contribution in [0.15, 0.2) is 59.2 Å². The van der Waals surface area contributed by atoms with Gasteiger partial charge in [0.15, 0.2) is 5.78 Å². The topological polar surface area (TPSA) is 30.2 Å². The van der Waals surface area contributed by atoms with E-state index in [9.17, 15) is 4.79 Å². The number of ketones is 1. The molecule has 0 aliphatic heterocycles. The lowest BCUT2D eigenvalue weighted by molar-refractivity contribution is 0.104. The van der Waals surface area contributed by atoms with Gasteiger partial charge in [-0.05, 0) is 30.3 Å². The van der Waals surface area contributed by atoms with Gasteiger partial charge in [-0.25, -0.2) is 0 Å². The summed E-state index contributed by atoms with van der Waals surface area (Å²) in [5.41, 5.74) is 0.591. The van der Waals surface area contributed by atoms with Crippen molar-refractivity contribution in [3.05, 3.63) is 71.2 Å². The Bertz CT molecular complexity index is 527. The van der Waals surface area contributed by atoms with E-state index in [1.807, 2.05) is 12.1 Å². The third-order valence-electron chi connectivity index (χ3n) is 2.28. The molecule has 2 nitrogen and oxygen atoms in total. The Hall–Kier alpha value is -1.80. The number of halogens is 1. The molecule has 1 aromatic heterocycles. The zero-order valence-corrected chi connectivity index (χ0v) is 9.85.